The highest BCUT2D eigenvalue weighted by molar-refractivity contribution is 5.73. The summed E-state index contributed by atoms with van der Waals surface area (Å²) < 4.78 is 0. The minimum absolute atomic E-state index is 0.0630. The number of nitrogens with one attached hydrogen (secondary N) is 2. The molecular formula is C19H37N3O2. The van der Waals surface area contributed by atoms with Crippen molar-refractivity contribution in [3.05, 3.63) is 0 Å². The average molecular weight is 340 g/mol. The van der Waals surface area contributed by atoms with Crippen molar-refractivity contribution in [3.63, 3.8) is 0 Å². The maximum absolute atomic E-state index is 12.0. The third kappa shape index (κ3) is 6.60. The van der Waals surface area contributed by atoms with Gasteiger partial charge in [0.2, 0.25) is 0 Å². The second-order valence-electron chi connectivity index (χ2n) is 8.50. The van der Waals surface area contributed by atoms with Crippen LogP contribution < -0.4 is 10.6 Å². The number of hydrogen-bond acceptors (Lipinski definition) is 3. The van der Waals surface area contributed by atoms with Crippen molar-refractivity contribution in [1.29, 1.82) is 0 Å². The molecule has 0 aromatic heterocycles. The molecule has 0 aromatic carbocycles. The zero-order valence-electron chi connectivity index (χ0n) is 15.6. The molecule has 0 spiro atoms. The van der Waals surface area contributed by atoms with E-state index in [2.05, 4.69) is 29.4 Å². The molecule has 2 aliphatic rings. The van der Waals surface area contributed by atoms with E-state index in [1.165, 1.54) is 58.0 Å². The molecule has 0 radical (unpaired) electrons. The second-order valence-corrected chi connectivity index (χ2v) is 8.50. The summed E-state index contributed by atoms with van der Waals surface area (Å²) in [5.74, 6) is 0.868. The van der Waals surface area contributed by atoms with E-state index in [4.69, 9.17) is 5.11 Å². The van der Waals surface area contributed by atoms with Gasteiger partial charge in [0.25, 0.3) is 0 Å². The van der Waals surface area contributed by atoms with Crippen molar-refractivity contribution in [3.8, 4) is 0 Å². The Morgan fingerprint density at radius 1 is 1.12 bits per heavy atom. The maximum atomic E-state index is 12.0. The van der Waals surface area contributed by atoms with Gasteiger partial charge in [-0.15, -0.1) is 0 Å². The molecule has 5 nitrogen and oxygen atoms in total. The number of aliphatic hydroxyl groups is 1. The number of amides is 2. The topological polar surface area (TPSA) is 64.6 Å². The van der Waals surface area contributed by atoms with Crippen LogP contribution in [0.15, 0.2) is 0 Å². The number of aliphatic hydroxyl groups excluding tert-OH is 1. The van der Waals surface area contributed by atoms with Crippen LogP contribution in [0.4, 0.5) is 4.79 Å². The monoisotopic (exact) mass is 339 g/mol. The zero-order chi connectivity index (χ0) is 17.4. The van der Waals surface area contributed by atoms with E-state index in [9.17, 15) is 4.79 Å². The van der Waals surface area contributed by atoms with E-state index in [0.717, 1.165) is 12.5 Å². The summed E-state index contributed by atoms with van der Waals surface area (Å²) in [6.45, 7) is 8.04. The zero-order valence-corrected chi connectivity index (χ0v) is 15.6. The van der Waals surface area contributed by atoms with Crippen LogP contribution in [0.3, 0.4) is 0 Å². The number of carbonyl (C=O) groups is 1. The van der Waals surface area contributed by atoms with Gasteiger partial charge < -0.3 is 15.7 Å². The number of rotatable bonds is 8. The Bertz CT molecular complexity index is 381. The lowest BCUT2D eigenvalue weighted by atomic mass is 9.89. The third-order valence-corrected chi connectivity index (χ3v) is 5.73. The molecule has 2 rings (SSSR count). The molecule has 1 heterocycles. The van der Waals surface area contributed by atoms with Crippen LogP contribution in [0.2, 0.25) is 0 Å². The van der Waals surface area contributed by atoms with Crippen LogP contribution in [-0.2, 0) is 0 Å². The minimum atomic E-state index is -0.0782. The van der Waals surface area contributed by atoms with Crippen molar-refractivity contribution < 1.29 is 9.90 Å². The molecule has 2 fully saturated rings. The second kappa shape index (κ2) is 9.62. The first kappa shape index (κ1) is 19.5. The molecular weight excluding hydrogens is 302 g/mol. The van der Waals surface area contributed by atoms with Gasteiger partial charge in [0.15, 0.2) is 0 Å². The van der Waals surface area contributed by atoms with E-state index in [1.807, 2.05) is 0 Å². The van der Waals surface area contributed by atoms with E-state index in [-0.39, 0.29) is 18.1 Å². The molecule has 1 atom stereocenters. The van der Waals surface area contributed by atoms with Crippen LogP contribution >= 0.6 is 0 Å². The van der Waals surface area contributed by atoms with Crippen LogP contribution in [-0.4, -0.2) is 54.9 Å². The van der Waals surface area contributed by atoms with Gasteiger partial charge >= 0.3 is 6.03 Å². The fourth-order valence-electron chi connectivity index (χ4n) is 4.05. The molecule has 24 heavy (non-hydrogen) atoms. The first-order chi connectivity index (χ1) is 11.5. The molecule has 1 saturated heterocycles. The highest BCUT2D eigenvalue weighted by Gasteiger charge is 2.27. The summed E-state index contributed by atoms with van der Waals surface area (Å²) in [5.41, 5.74) is -0.0630. The normalized spacial score (nSPS) is 23.4. The van der Waals surface area contributed by atoms with E-state index in [0.29, 0.717) is 19.0 Å². The molecule has 0 bridgehead atoms. The first-order valence-electron chi connectivity index (χ1n) is 9.87. The van der Waals surface area contributed by atoms with Crippen molar-refractivity contribution in [1.82, 2.24) is 15.5 Å². The van der Waals surface area contributed by atoms with Crippen LogP contribution in [0.1, 0.15) is 65.2 Å². The summed E-state index contributed by atoms with van der Waals surface area (Å²) in [6.07, 6.45) is 10.1. The van der Waals surface area contributed by atoms with E-state index < -0.39 is 0 Å². The van der Waals surface area contributed by atoms with Gasteiger partial charge in [-0.2, -0.15) is 0 Å². The molecule has 1 aliphatic heterocycles. The van der Waals surface area contributed by atoms with Crippen LogP contribution in [0.25, 0.3) is 0 Å². The Kier molecular flexibility index (Phi) is 7.82. The standard InChI is InChI=1S/C19H37N3O2/c1-19(2,10-12-23)15-21-18(24)20-13-17-9-6-11-22(17)14-16-7-4-3-5-8-16/h16-17,23H,3-15H2,1-2H3,(H2,20,21,24). The number of urea groups is 1. The lowest BCUT2D eigenvalue weighted by Gasteiger charge is -2.31. The fraction of sp³-hybridized carbons (Fsp3) is 0.947. The van der Waals surface area contributed by atoms with Gasteiger partial charge in [-0.3, -0.25) is 4.90 Å². The van der Waals surface area contributed by atoms with Gasteiger partial charge in [-0.05, 0) is 50.0 Å². The Hall–Kier alpha value is -0.810. The van der Waals surface area contributed by atoms with Crippen molar-refractivity contribution in [2.24, 2.45) is 11.3 Å². The summed E-state index contributed by atoms with van der Waals surface area (Å²) in [4.78, 5) is 14.6. The molecule has 5 heteroatoms. The molecule has 0 aromatic rings. The van der Waals surface area contributed by atoms with Crippen molar-refractivity contribution in [2.75, 3.05) is 32.8 Å². The highest BCUT2D eigenvalue weighted by Crippen LogP contribution is 2.27. The fourth-order valence-corrected chi connectivity index (χ4v) is 4.05. The Balaban J connectivity index is 1.67. The predicted octanol–water partition coefficient (Wildman–Crippen LogP) is 2.74. The van der Waals surface area contributed by atoms with E-state index in [1.54, 1.807) is 0 Å². The Morgan fingerprint density at radius 3 is 2.58 bits per heavy atom. The largest absolute Gasteiger partial charge is 0.396 e. The average Bonchev–Trinajstić information content (AvgIpc) is 2.99. The van der Waals surface area contributed by atoms with Crippen molar-refractivity contribution >= 4 is 6.03 Å². The lowest BCUT2D eigenvalue weighted by Crippen LogP contribution is -2.46. The quantitative estimate of drug-likeness (QED) is 0.637. The molecule has 1 aliphatic carbocycles. The minimum Gasteiger partial charge on any atom is -0.396 e. The molecule has 1 saturated carbocycles. The number of likely N-dealkylation sites (tertiary alicyclic amines) is 1. The molecule has 3 N–H and O–H groups in total. The predicted molar refractivity (Wildman–Crippen MR) is 98.1 cm³/mol. The smallest absolute Gasteiger partial charge is 0.314 e. The van der Waals surface area contributed by atoms with Gasteiger partial charge in [-0.1, -0.05) is 33.1 Å². The van der Waals surface area contributed by atoms with Crippen LogP contribution in [0, 0.1) is 11.3 Å². The maximum Gasteiger partial charge on any atom is 0.314 e. The number of hydrogen-bond donors (Lipinski definition) is 3. The van der Waals surface area contributed by atoms with Gasteiger partial charge in [0.05, 0.1) is 0 Å². The van der Waals surface area contributed by atoms with Crippen LogP contribution in [0.5, 0.6) is 0 Å². The van der Waals surface area contributed by atoms with Crippen molar-refractivity contribution in [2.45, 2.75) is 71.3 Å². The third-order valence-electron chi connectivity index (χ3n) is 5.73. The lowest BCUT2D eigenvalue weighted by molar-refractivity contribution is 0.181. The SMILES string of the molecule is CC(C)(CCO)CNC(=O)NCC1CCCN1CC1CCCCC1. The molecule has 1 unspecified atom stereocenters. The summed E-state index contributed by atoms with van der Waals surface area (Å²) in [7, 11) is 0. The summed E-state index contributed by atoms with van der Waals surface area (Å²) in [5, 5.41) is 15.0. The number of carbonyl (C=O) groups excluding carboxylic acids is 1. The van der Waals surface area contributed by atoms with E-state index >= 15 is 0 Å². The summed E-state index contributed by atoms with van der Waals surface area (Å²) >= 11 is 0. The van der Waals surface area contributed by atoms with Gasteiger partial charge in [0, 0.05) is 32.3 Å². The number of nitrogens with zero attached hydrogens (tertiary/aromatic N) is 1. The van der Waals surface area contributed by atoms with Gasteiger partial charge in [0.1, 0.15) is 0 Å². The Labute approximate surface area is 147 Å². The highest BCUT2D eigenvalue weighted by atomic mass is 16.3. The molecule has 140 valence electrons. The summed E-state index contributed by atoms with van der Waals surface area (Å²) in [6, 6.07) is 0.425. The Morgan fingerprint density at radius 2 is 1.88 bits per heavy atom. The first-order valence-corrected chi connectivity index (χ1v) is 9.87. The van der Waals surface area contributed by atoms with Gasteiger partial charge in [-0.25, -0.2) is 4.79 Å². The molecule has 2 amide bonds.